The van der Waals surface area contributed by atoms with Crippen molar-refractivity contribution in [2.45, 2.75) is 12.5 Å². The fourth-order valence-corrected chi connectivity index (χ4v) is 4.97. The van der Waals surface area contributed by atoms with E-state index in [1.807, 2.05) is 54.7 Å². The van der Waals surface area contributed by atoms with Crippen molar-refractivity contribution in [1.82, 2.24) is 9.88 Å². The van der Waals surface area contributed by atoms with Crippen LogP contribution in [0.2, 0.25) is 0 Å². The molecule has 0 spiro atoms. The predicted octanol–water partition coefficient (Wildman–Crippen LogP) is 6.36. The lowest BCUT2D eigenvalue weighted by atomic mass is 9.95. The maximum atomic E-state index is 13.2. The van der Waals surface area contributed by atoms with Crippen LogP contribution in [0.4, 0.5) is 0 Å². The van der Waals surface area contributed by atoms with Gasteiger partial charge in [0.05, 0.1) is 11.6 Å². The van der Waals surface area contributed by atoms with Crippen LogP contribution in [-0.4, -0.2) is 33.2 Å². The number of aliphatic hydroxyl groups excluding tert-OH is 1. The summed E-state index contributed by atoms with van der Waals surface area (Å²) in [7, 11) is 0. The largest absolute Gasteiger partial charge is 0.507 e. The van der Waals surface area contributed by atoms with Gasteiger partial charge in [-0.15, -0.1) is 0 Å². The number of likely N-dealkylation sites (tertiary alicyclic amines) is 1. The highest BCUT2D eigenvalue weighted by molar-refractivity contribution is 9.10. The first-order chi connectivity index (χ1) is 16.4. The first-order valence-electron chi connectivity index (χ1n) is 10.8. The summed E-state index contributed by atoms with van der Waals surface area (Å²) in [6.07, 6.45) is 2.51. The number of benzene rings is 3. The standard InChI is InChI=1S/C27H20Br2N2O3/c28-19-9-5-16(6-10-19)24-23(25(32)17-7-11-20(29)12-8-17)26(33)27(34)31(24)14-13-18-15-30-22-4-2-1-3-21(18)22/h1-12,15,24,30,32H,13-14H2/t24-/m0/s1. The van der Waals surface area contributed by atoms with Crippen molar-refractivity contribution in [2.75, 3.05) is 6.54 Å². The molecule has 2 heterocycles. The highest BCUT2D eigenvalue weighted by Gasteiger charge is 2.45. The van der Waals surface area contributed by atoms with E-state index in [-0.39, 0.29) is 11.3 Å². The average Bonchev–Trinajstić information content (AvgIpc) is 3.37. The van der Waals surface area contributed by atoms with E-state index >= 15 is 0 Å². The summed E-state index contributed by atoms with van der Waals surface area (Å²) in [6.45, 7) is 0.338. The number of hydrogen-bond donors (Lipinski definition) is 2. The van der Waals surface area contributed by atoms with E-state index in [0.717, 1.165) is 31.0 Å². The molecule has 1 atom stereocenters. The lowest BCUT2D eigenvalue weighted by molar-refractivity contribution is -0.139. The van der Waals surface area contributed by atoms with E-state index in [0.29, 0.717) is 18.5 Å². The summed E-state index contributed by atoms with van der Waals surface area (Å²) >= 11 is 6.83. The zero-order valence-corrected chi connectivity index (χ0v) is 21.1. The van der Waals surface area contributed by atoms with Crippen LogP contribution in [0.15, 0.2) is 93.5 Å². The number of carbonyl (C=O) groups excluding carboxylic acids is 2. The van der Waals surface area contributed by atoms with Crippen molar-refractivity contribution in [3.8, 4) is 0 Å². The van der Waals surface area contributed by atoms with E-state index in [4.69, 9.17) is 0 Å². The fraction of sp³-hybridized carbons (Fsp3) is 0.111. The molecule has 5 rings (SSSR count). The summed E-state index contributed by atoms with van der Waals surface area (Å²) in [5.74, 6) is -1.45. The first kappa shape index (κ1) is 22.6. The lowest BCUT2D eigenvalue weighted by Crippen LogP contribution is -2.31. The molecule has 1 aromatic heterocycles. The van der Waals surface area contributed by atoms with Crippen LogP contribution >= 0.6 is 31.9 Å². The molecular weight excluding hydrogens is 560 g/mol. The summed E-state index contributed by atoms with van der Waals surface area (Å²) in [6, 6.07) is 21.8. The molecule has 34 heavy (non-hydrogen) atoms. The summed E-state index contributed by atoms with van der Waals surface area (Å²) < 4.78 is 1.74. The number of aromatic nitrogens is 1. The topological polar surface area (TPSA) is 73.4 Å². The molecule has 4 aromatic rings. The Morgan fingerprint density at radius 1 is 0.912 bits per heavy atom. The van der Waals surface area contributed by atoms with Gasteiger partial charge in [-0.25, -0.2) is 0 Å². The van der Waals surface area contributed by atoms with Crippen LogP contribution in [0.5, 0.6) is 0 Å². The molecule has 1 aliphatic heterocycles. The van der Waals surface area contributed by atoms with E-state index in [9.17, 15) is 14.7 Å². The third-order valence-electron chi connectivity index (χ3n) is 6.14. The van der Waals surface area contributed by atoms with Crippen molar-refractivity contribution >= 4 is 60.2 Å². The third-order valence-corrected chi connectivity index (χ3v) is 7.20. The smallest absolute Gasteiger partial charge is 0.295 e. The van der Waals surface area contributed by atoms with Crippen LogP contribution in [-0.2, 0) is 16.0 Å². The molecule has 1 fully saturated rings. The van der Waals surface area contributed by atoms with Crippen molar-refractivity contribution in [3.63, 3.8) is 0 Å². The molecule has 1 saturated heterocycles. The monoisotopic (exact) mass is 578 g/mol. The van der Waals surface area contributed by atoms with E-state index in [1.54, 1.807) is 29.2 Å². The Morgan fingerprint density at radius 2 is 1.56 bits per heavy atom. The molecule has 5 nitrogen and oxygen atoms in total. The van der Waals surface area contributed by atoms with Gasteiger partial charge in [0.25, 0.3) is 11.7 Å². The van der Waals surface area contributed by atoms with Crippen molar-refractivity contribution in [2.24, 2.45) is 0 Å². The number of fused-ring (bicyclic) bond motifs is 1. The number of ketones is 1. The van der Waals surface area contributed by atoms with Crippen LogP contribution in [0, 0.1) is 0 Å². The molecule has 0 unspecified atom stereocenters. The highest BCUT2D eigenvalue weighted by atomic mass is 79.9. The van der Waals surface area contributed by atoms with Gasteiger partial charge >= 0.3 is 0 Å². The van der Waals surface area contributed by atoms with Crippen LogP contribution in [0.3, 0.4) is 0 Å². The number of nitrogens with one attached hydrogen (secondary N) is 1. The van der Waals surface area contributed by atoms with E-state index in [1.165, 1.54) is 0 Å². The Labute approximate surface area is 213 Å². The Morgan fingerprint density at radius 3 is 2.26 bits per heavy atom. The minimum Gasteiger partial charge on any atom is -0.507 e. The minimum atomic E-state index is -0.679. The SMILES string of the molecule is O=C1C(=O)N(CCc2c[nH]c3ccccc23)[C@@H](c2ccc(Br)cc2)C1=C(O)c1ccc(Br)cc1. The number of aliphatic hydroxyl groups is 1. The quantitative estimate of drug-likeness (QED) is 0.164. The normalized spacial score (nSPS) is 17.6. The molecule has 2 N–H and O–H groups in total. The van der Waals surface area contributed by atoms with E-state index in [2.05, 4.69) is 36.8 Å². The van der Waals surface area contributed by atoms with Gasteiger partial charge in [-0.2, -0.15) is 0 Å². The van der Waals surface area contributed by atoms with Gasteiger partial charge < -0.3 is 15.0 Å². The summed E-state index contributed by atoms with van der Waals surface area (Å²) in [5, 5.41) is 12.2. The van der Waals surface area contributed by atoms with Gasteiger partial charge in [-0.3, -0.25) is 9.59 Å². The summed E-state index contributed by atoms with van der Waals surface area (Å²) in [4.78, 5) is 31.2. The Hall–Kier alpha value is -3.16. The number of nitrogens with zero attached hydrogens (tertiary/aromatic N) is 1. The van der Waals surface area contributed by atoms with Gasteiger partial charge in [0.15, 0.2) is 0 Å². The number of halogens is 2. The second kappa shape index (κ2) is 9.24. The number of rotatable bonds is 5. The highest BCUT2D eigenvalue weighted by Crippen LogP contribution is 2.40. The van der Waals surface area contributed by atoms with Gasteiger partial charge in [0, 0.05) is 38.2 Å². The maximum absolute atomic E-state index is 13.2. The van der Waals surface area contributed by atoms with Gasteiger partial charge in [0.1, 0.15) is 5.76 Å². The molecule has 3 aromatic carbocycles. The molecular formula is C27H20Br2N2O3. The Kier molecular flexibility index (Phi) is 6.15. The summed E-state index contributed by atoms with van der Waals surface area (Å²) in [5.41, 5.74) is 3.45. The molecule has 0 saturated carbocycles. The van der Waals surface area contributed by atoms with Crippen molar-refractivity contribution in [3.05, 3.63) is 110 Å². The number of para-hydroxylation sites is 1. The second-order valence-electron chi connectivity index (χ2n) is 8.16. The average molecular weight is 580 g/mol. The predicted molar refractivity (Wildman–Crippen MR) is 139 cm³/mol. The second-order valence-corrected chi connectivity index (χ2v) is 9.99. The Bertz CT molecular complexity index is 1420. The molecule has 0 aliphatic carbocycles. The molecule has 0 bridgehead atoms. The number of amides is 1. The third kappa shape index (κ3) is 4.10. The van der Waals surface area contributed by atoms with Crippen LogP contribution in [0.25, 0.3) is 16.7 Å². The van der Waals surface area contributed by atoms with Gasteiger partial charge in [0.2, 0.25) is 0 Å². The molecule has 0 radical (unpaired) electrons. The molecule has 7 heteroatoms. The number of Topliss-reactive ketones (excluding diaryl/α,β-unsaturated/α-hetero) is 1. The first-order valence-corrected chi connectivity index (χ1v) is 12.4. The van der Waals surface area contributed by atoms with Crippen LogP contribution in [0.1, 0.15) is 22.7 Å². The van der Waals surface area contributed by atoms with Gasteiger partial charge in [-0.1, -0.05) is 74.3 Å². The lowest BCUT2D eigenvalue weighted by Gasteiger charge is -2.25. The van der Waals surface area contributed by atoms with Crippen molar-refractivity contribution in [1.29, 1.82) is 0 Å². The molecule has 1 aliphatic rings. The Balaban J connectivity index is 1.56. The number of H-pyrrole nitrogens is 1. The van der Waals surface area contributed by atoms with Gasteiger partial charge in [-0.05, 0) is 47.9 Å². The number of aromatic amines is 1. The number of hydrogen-bond acceptors (Lipinski definition) is 3. The number of carbonyl (C=O) groups is 2. The van der Waals surface area contributed by atoms with Crippen LogP contribution < -0.4 is 0 Å². The van der Waals surface area contributed by atoms with E-state index < -0.39 is 17.7 Å². The molecule has 170 valence electrons. The molecule has 1 amide bonds. The fourth-order valence-electron chi connectivity index (χ4n) is 4.44. The maximum Gasteiger partial charge on any atom is 0.295 e. The van der Waals surface area contributed by atoms with Crippen molar-refractivity contribution < 1.29 is 14.7 Å². The zero-order valence-electron chi connectivity index (χ0n) is 18.0. The minimum absolute atomic E-state index is 0.105. The zero-order chi connectivity index (χ0) is 23.8.